The van der Waals surface area contributed by atoms with E-state index in [2.05, 4.69) is 25.4 Å². The summed E-state index contributed by atoms with van der Waals surface area (Å²) >= 11 is 0. The average molecular weight is 568 g/mol. The molecule has 5 heteroatoms. The van der Waals surface area contributed by atoms with Gasteiger partial charge in [0.05, 0.1) is 0 Å². The number of rotatable bonds is 26. The molecule has 0 atom stereocenters. The summed E-state index contributed by atoms with van der Waals surface area (Å²) in [4.78, 5) is 24.1. The molecule has 0 aliphatic heterocycles. The van der Waals surface area contributed by atoms with Gasteiger partial charge in [0.2, 0.25) is 5.91 Å². The van der Waals surface area contributed by atoms with Crippen LogP contribution in [-0.2, 0) is 33.6 Å². The van der Waals surface area contributed by atoms with Crippen molar-refractivity contribution in [2.45, 2.75) is 135 Å². The Balaban J connectivity index is 2.04. The predicted octanol–water partition coefficient (Wildman–Crippen LogP) is 9.22. The summed E-state index contributed by atoms with van der Waals surface area (Å²) in [6.07, 6.45) is 28.7. The lowest BCUT2D eigenvalue weighted by atomic mass is 9.97. The summed E-state index contributed by atoms with van der Waals surface area (Å²) in [5.74, 6) is -0.0299. The SMILES string of the molecule is C=CCc1cc(CCC(=O)NC=CCOC(=O)CCCCCCCCCCCCCCCCC)cc(CC=C)c1O. The second-order valence-corrected chi connectivity index (χ2v) is 11.1. The number of ether oxygens (including phenoxy) is 1. The van der Waals surface area contributed by atoms with E-state index in [4.69, 9.17) is 4.74 Å². The summed E-state index contributed by atoms with van der Waals surface area (Å²) in [7, 11) is 0. The number of carbonyl (C=O) groups is 2. The van der Waals surface area contributed by atoms with Gasteiger partial charge in [-0.15, -0.1) is 13.2 Å². The molecule has 1 aromatic rings. The number of amides is 1. The van der Waals surface area contributed by atoms with Gasteiger partial charge >= 0.3 is 5.97 Å². The number of nitrogens with one attached hydrogen (secondary N) is 1. The topological polar surface area (TPSA) is 75.6 Å². The quantitative estimate of drug-likeness (QED) is 0.0664. The Labute approximate surface area is 250 Å². The Morgan fingerprint density at radius 2 is 1.27 bits per heavy atom. The molecule has 5 nitrogen and oxygen atoms in total. The van der Waals surface area contributed by atoms with Gasteiger partial charge in [-0.2, -0.15) is 0 Å². The first-order valence-electron chi connectivity index (χ1n) is 16.2. The third-order valence-corrected chi connectivity index (χ3v) is 7.38. The standard InChI is InChI=1S/C36H57NO4/c1-4-7-8-9-10-11-12-13-14-15-16-17-18-19-20-24-35(39)41-28-21-27-37-34(38)26-25-31-29-32(22-5-2)36(40)33(30-31)23-6-3/h5-6,21,27,29-30,40H,2-4,7-20,22-26,28H2,1H3,(H,37,38). The molecule has 0 fully saturated rings. The molecule has 41 heavy (non-hydrogen) atoms. The van der Waals surface area contributed by atoms with Crippen LogP contribution in [0.25, 0.3) is 0 Å². The molecule has 0 heterocycles. The van der Waals surface area contributed by atoms with Gasteiger partial charge in [-0.3, -0.25) is 9.59 Å². The maximum atomic E-state index is 12.2. The molecule has 0 aliphatic rings. The van der Waals surface area contributed by atoms with Gasteiger partial charge in [0.25, 0.3) is 0 Å². The van der Waals surface area contributed by atoms with E-state index in [-0.39, 0.29) is 24.2 Å². The van der Waals surface area contributed by atoms with E-state index >= 15 is 0 Å². The summed E-state index contributed by atoms with van der Waals surface area (Å²) < 4.78 is 5.24. The lowest BCUT2D eigenvalue weighted by Crippen LogP contribution is -2.17. The molecular weight excluding hydrogens is 510 g/mol. The summed E-state index contributed by atoms with van der Waals surface area (Å²) in [6.45, 7) is 9.92. The van der Waals surface area contributed by atoms with E-state index in [0.717, 1.165) is 29.5 Å². The number of aryl methyl sites for hydroxylation is 1. The van der Waals surface area contributed by atoms with E-state index in [0.29, 0.717) is 32.1 Å². The molecule has 0 spiro atoms. The van der Waals surface area contributed by atoms with E-state index in [9.17, 15) is 14.7 Å². The first kappa shape index (κ1) is 36.2. The predicted molar refractivity (Wildman–Crippen MR) is 172 cm³/mol. The zero-order chi connectivity index (χ0) is 30.0. The lowest BCUT2D eigenvalue weighted by Gasteiger charge is -2.11. The Morgan fingerprint density at radius 3 is 1.76 bits per heavy atom. The highest BCUT2D eigenvalue weighted by Gasteiger charge is 2.10. The zero-order valence-electron chi connectivity index (χ0n) is 25.9. The molecular formula is C36H57NO4. The van der Waals surface area contributed by atoms with Crippen LogP contribution in [0.3, 0.4) is 0 Å². The first-order chi connectivity index (χ1) is 20.0. The minimum absolute atomic E-state index is 0.117. The van der Waals surface area contributed by atoms with Crippen molar-refractivity contribution in [1.29, 1.82) is 0 Å². The summed E-state index contributed by atoms with van der Waals surface area (Å²) in [5.41, 5.74) is 2.60. The van der Waals surface area contributed by atoms with Crippen molar-refractivity contribution in [2.24, 2.45) is 0 Å². The molecule has 230 valence electrons. The number of phenols is 1. The van der Waals surface area contributed by atoms with Crippen LogP contribution in [0.4, 0.5) is 0 Å². The van der Waals surface area contributed by atoms with Crippen molar-refractivity contribution in [3.63, 3.8) is 0 Å². The highest BCUT2D eigenvalue weighted by atomic mass is 16.5. The van der Waals surface area contributed by atoms with Crippen molar-refractivity contribution in [2.75, 3.05) is 6.61 Å². The fourth-order valence-electron chi connectivity index (χ4n) is 4.98. The van der Waals surface area contributed by atoms with E-state index < -0.39 is 0 Å². The minimum atomic E-state index is -0.186. The number of carbonyl (C=O) groups excluding carboxylic acids is 2. The van der Waals surface area contributed by atoms with Crippen molar-refractivity contribution >= 4 is 11.9 Å². The maximum absolute atomic E-state index is 12.2. The molecule has 0 saturated heterocycles. The Bertz CT molecular complexity index is 874. The fourth-order valence-corrected chi connectivity index (χ4v) is 4.98. The summed E-state index contributed by atoms with van der Waals surface area (Å²) in [5, 5.41) is 13.1. The number of hydrogen-bond acceptors (Lipinski definition) is 4. The highest BCUT2D eigenvalue weighted by molar-refractivity contribution is 5.77. The highest BCUT2D eigenvalue weighted by Crippen LogP contribution is 2.27. The van der Waals surface area contributed by atoms with Crippen LogP contribution in [0, 0.1) is 0 Å². The number of hydrogen-bond donors (Lipinski definition) is 2. The van der Waals surface area contributed by atoms with Gasteiger partial charge in [0, 0.05) is 19.0 Å². The second-order valence-electron chi connectivity index (χ2n) is 11.1. The van der Waals surface area contributed by atoms with Crippen molar-refractivity contribution in [3.8, 4) is 5.75 Å². The number of unbranched alkanes of at least 4 members (excludes halogenated alkanes) is 14. The van der Waals surface area contributed by atoms with Crippen LogP contribution in [0.1, 0.15) is 133 Å². The largest absolute Gasteiger partial charge is 0.507 e. The minimum Gasteiger partial charge on any atom is -0.507 e. The van der Waals surface area contributed by atoms with Crippen molar-refractivity contribution in [1.82, 2.24) is 5.32 Å². The van der Waals surface area contributed by atoms with E-state index in [1.165, 1.54) is 89.7 Å². The number of aromatic hydroxyl groups is 1. The lowest BCUT2D eigenvalue weighted by molar-refractivity contribution is -0.142. The van der Waals surface area contributed by atoms with Crippen LogP contribution in [0.15, 0.2) is 49.7 Å². The maximum Gasteiger partial charge on any atom is 0.306 e. The fraction of sp³-hybridized carbons (Fsp3) is 0.611. The van der Waals surface area contributed by atoms with Crippen LogP contribution in [-0.4, -0.2) is 23.6 Å². The molecule has 0 saturated carbocycles. The van der Waals surface area contributed by atoms with Gasteiger partial charge in [-0.05, 0) is 48.4 Å². The third kappa shape index (κ3) is 19.0. The van der Waals surface area contributed by atoms with Crippen LogP contribution < -0.4 is 5.32 Å². The van der Waals surface area contributed by atoms with Gasteiger partial charge in [-0.25, -0.2) is 0 Å². The molecule has 1 amide bonds. The Morgan fingerprint density at radius 1 is 0.780 bits per heavy atom. The Hall–Kier alpha value is -2.82. The third-order valence-electron chi connectivity index (χ3n) is 7.38. The Kier molecular flexibility index (Phi) is 22.0. The van der Waals surface area contributed by atoms with Gasteiger partial charge < -0.3 is 15.2 Å². The molecule has 0 unspecified atom stereocenters. The molecule has 0 aliphatic carbocycles. The zero-order valence-corrected chi connectivity index (χ0v) is 25.9. The number of esters is 1. The van der Waals surface area contributed by atoms with Gasteiger partial charge in [-0.1, -0.05) is 121 Å². The van der Waals surface area contributed by atoms with E-state index in [1.807, 2.05) is 12.1 Å². The van der Waals surface area contributed by atoms with Gasteiger partial charge in [0.1, 0.15) is 12.4 Å². The molecule has 1 rings (SSSR count). The van der Waals surface area contributed by atoms with Crippen molar-refractivity contribution in [3.05, 3.63) is 66.4 Å². The molecule has 0 radical (unpaired) electrons. The molecule has 1 aromatic carbocycles. The molecule has 2 N–H and O–H groups in total. The van der Waals surface area contributed by atoms with Crippen LogP contribution >= 0.6 is 0 Å². The number of phenolic OH excluding ortho intramolecular Hbond substituents is 1. The normalized spacial score (nSPS) is 11.0. The smallest absolute Gasteiger partial charge is 0.306 e. The monoisotopic (exact) mass is 567 g/mol. The second kappa shape index (κ2) is 24.9. The van der Waals surface area contributed by atoms with E-state index in [1.54, 1.807) is 18.2 Å². The molecule has 0 aromatic heterocycles. The molecule has 0 bridgehead atoms. The van der Waals surface area contributed by atoms with Crippen molar-refractivity contribution < 1.29 is 19.4 Å². The first-order valence-corrected chi connectivity index (χ1v) is 16.2. The van der Waals surface area contributed by atoms with Crippen LogP contribution in [0.2, 0.25) is 0 Å². The average Bonchev–Trinajstić information content (AvgIpc) is 2.96. The summed E-state index contributed by atoms with van der Waals surface area (Å²) in [6, 6.07) is 3.84. The number of benzene rings is 1. The van der Waals surface area contributed by atoms with Gasteiger partial charge in [0.15, 0.2) is 0 Å². The number of allylic oxidation sites excluding steroid dienone is 2. The van der Waals surface area contributed by atoms with Crippen LogP contribution in [0.5, 0.6) is 5.75 Å².